The predicted octanol–water partition coefficient (Wildman–Crippen LogP) is 5.02. The number of nitrogens with one attached hydrogen (secondary N) is 1. The van der Waals surface area contributed by atoms with E-state index >= 15 is 0 Å². The number of anilines is 2. The molecule has 1 aliphatic heterocycles. The second kappa shape index (κ2) is 16.5. The molecular formula is C31H47N5O2. The second-order valence-electron chi connectivity index (χ2n) is 9.87. The number of aliphatic hydroxyl groups is 1. The molecule has 0 bridgehead atoms. The molecule has 0 amide bonds. The molecule has 1 unspecified atom stereocenters. The van der Waals surface area contributed by atoms with Gasteiger partial charge in [-0.3, -0.25) is 9.69 Å². The van der Waals surface area contributed by atoms with Crippen molar-refractivity contribution in [1.29, 1.82) is 0 Å². The summed E-state index contributed by atoms with van der Waals surface area (Å²) in [6.07, 6.45) is 9.71. The summed E-state index contributed by atoms with van der Waals surface area (Å²) >= 11 is 0. The Morgan fingerprint density at radius 2 is 1.89 bits per heavy atom. The number of aliphatic hydroxyl groups excluding tert-OH is 1. The second-order valence-corrected chi connectivity index (χ2v) is 9.87. The number of unbranched alkanes of at least 4 members (excludes halogenated alkanes) is 1. The number of rotatable bonds is 12. The van der Waals surface area contributed by atoms with Gasteiger partial charge in [-0.25, -0.2) is 0 Å². The van der Waals surface area contributed by atoms with Crippen LogP contribution in [0, 0.1) is 0 Å². The number of allylic oxidation sites excluding steroid dienone is 1. The van der Waals surface area contributed by atoms with E-state index in [1.54, 1.807) is 13.0 Å². The first kappa shape index (κ1) is 30.9. The Labute approximate surface area is 229 Å². The summed E-state index contributed by atoms with van der Waals surface area (Å²) in [7, 11) is 1.99. The third kappa shape index (κ3) is 9.88. The third-order valence-corrected chi connectivity index (χ3v) is 6.66. The average molecular weight is 522 g/mol. The monoisotopic (exact) mass is 521 g/mol. The average Bonchev–Trinajstić information content (AvgIpc) is 2.92. The summed E-state index contributed by atoms with van der Waals surface area (Å²) in [6, 6.07) is 14.3. The highest BCUT2D eigenvalue weighted by Gasteiger charge is 2.18. The van der Waals surface area contributed by atoms with Crippen LogP contribution in [0.15, 0.2) is 66.6 Å². The van der Waals surface area contributed by atoms with Crippen LogP contribution in [0.1, 0.15) is 67.9 Å². The molecule has 7 heteroatoms. The number of β-amino-alcohol motifs (C(OH)–C–C–N with tert-alkyl or cyclic N) is 1. The van der Waals surface area contributed by atoms with Crippen LogP contribution >= 0.6 is 0 Å². The summed E-state index contributed by atoms with van der Waals surface area (Å²) in [6.45, 7) is 9.66. The molecule has 7 nitrogen and oxygen atoms in total. The fourth-order valence-electron chi connectivity index (χ4n) is 4.63. The zero-order valence-electron chi connectivity index (χ0n) is 23.6. The fourth-order valence-corrected chi connectivity index (χ4v) is 4.63. The van der Waals surface area contributed by atoms with Crippen molar-refractivity contribution < 1.29 is 9.90 Å². The number of carbonyl (C=O) groups excluding carboxylic acids is 1. The van der Waals surface area contributed by atoms with E-state index in [4.69, 9.17) is 11.5 Å². The molecular weight excluding hydrogens is 474 g/mol. The lowest BCUT2D eigenvalue weighted by atomic mass is 9.99. The Bertz CT molecular complexity index is 1070. The van der Waals surface area contributed by atoms with Gasteiger partial charge in [-0.2, -0.15) is 0 Å². The standard InChI is InChI=1S/C16H24N4O.C15H23NO/c1-4-9-20(3)16-6-5-13(10-15(16)12(2)21)19-14(11-18)7-8-17;1-2-3-8-15(17)12-16-10-9-13-6-4-5-7-14(13)11-16/h5-8,10-11,19H,4,9,17-18H2,1-3H3;4-7,15,17H,2-3,8-12H2,1H3/b8-7-,14-11+;. The minimum Gasteiger partial charge on any atom is -0.405 e. The number of hydrogen-bond acceptors (Lipinski definition) is 7. The Morgan fingerprint density at radius 3 is 2.53 bits per heavy atom. The number of Topliss-reactive ketones (excluding diaryl/α,β-unsaturated/α-hetero) is 1. The number of benzene rings is 2. The lowest BCUT2D eigenvalue weighted by molar-refractivity contribution is 0.0968. The van der Waals surface area contributed by atoms with Gasteiger partial charge in [0.05, 0.1) is 11.8 Å². The van der Waals surface area contributed by atoms with Crippen LogP contribution in [0.2, 0.25) is 0 Å². The van der Waals surface area contributed by atoms with E-state index in [0.29, 0.717) is 11.3 Å². The summed E-state index contributed by atoms with van der Waals surface area (Å²) in [5.41, 5.74) is 16.9. The van der Waals surface area contributed by atoms with Crippen LogP contribution in [-0.2, 0) is 13.0 Å². The predicted molar refractivity (Wildman–Crippen MR) is 160 cm³/mol. The molecule has 208 valence electrons. The number of nitrogens with two attached hydrogens (primary N) is 2. The molecule has 0 aliphatic carbocycles. The molecule has 0 spiro atoms. The van der Waals surface area contributed by atoms with Gasteiger partial charge in [-0.05, 0) is 67.8 Å². The smallest absolute Gasteiger partial charge is 0.161 e. The molecule has 1 heterocycles. The Balaban J connectivity index is 0.000000272. The van der Waals surface area contributed by atoms with Crippen molar-refractivity contribution in [3.05, 3.63) is 83.3 Å². The molecule has 0 saturated heterocycles. The molecule has 3 rings (SSSR count). The van der Waals surface area contributed by atoms with Crippen LogP contribution < -0.4 is 21.7 Å². The van der Waals surface area contributed by atoms with Crippen LogP contribution in [0.5, 0.6) is 0 Å². The van der Waals surface area contributed by atoms with Crippen molar-refractivity contribution in [1.82, 2.24) is 4.90 Å². The van der Waals surface area contributed by atoms with E-state index in [1.165, 1.54) is 29.9 Å². The topological polar surface area (TPSA) is 108 Å². The van der Waals surface area contributed by atoms with Gasteiger partial charge in [-0.1, -0.05) is 51.0 Å². The van der Waals surface area contributed by atoms with Crippen LogP contribution in [0.25, 0.3) is 0 Å². The maximum Gasteiger partial charge on any atom is 0.161 e. The molecule has 0 saturated carbocycles. The highest BCUT2D eigenvalue weighted by molar-refractivity contribution is 6.00. The molecule has 1 aliphatic rings. The number of carbonyl (C=O) groups is 1. The van der Waals surface area contributed by atoms with Gasteiger partial charge in [-0.15, -0.1) is 0 Å². The van der Waals surface area contributed by atoms with Gasteiger partial charge in [0.1, 0.15) is 0 Å². The molecule has 38 heavy (non-hydrogen) atoms. The molecule has 1 atom stereocenters. The zero-order chi connectivity index (χ0) is 27.9. The van der Waals surface area contributed by atoms with Gasteiger partial charge in [0.15, 0.2) is 5.78 Å². The van der Waals surface area contributed by atoms with Crippen LogP contribution in [0.4, 0.5) is 11.4 Å². The molecule has 0 fully saturated rings. The number of hydrogen-bond donors (Lipinski definition) is 4. The molecule has 2 aromatic carbocycles. The molecule has 6 N–H and O–H groups in total. The normalized spacial score (nSPS) is 14.4. The van der Waals surface area contributed by atoms with Crippen molar-refractivity contribution >= 4 is 17.2 Å². The summed E-state index contributed by atoms with van der Waals surface area (Å²) < 4.78 is 0. The van der Waals surface area contributed by atoms with Crippen molar-refractivity contribution in [2.75, 3.05) is 36.9 Å². The van der Waals surface area contributed by atoms with E-state index in [0.717, 1.165) is 63.2 Å². The largest absolute Gasteiger partial charge is 0.405 e. The summed E-state index contributed by atoms with van der Waals surface area (Å²) in [5.74, 6) is 0.0317. The zero-order valence-corrected chi connectivity index (χ0v) is 23.6. The summed E-state index contributed by atoms with van der Waals surface area (Å²) in [5, 5.41) is 13.1. The van der Waals surface area contributed by atoms with Crippen molar-refractivity contribution in [3.63, 3.8) is 0 Å². The number of nitrogens with zero attached hydrogens (tertiary/aromatic N) is 2. The Hall–Kier alpha value is -3.29. The first-order valence-corrected chi connectivity index (χ1v) is 13.7. The SMILES string of the molecule is CCCCC(O)CN1CCc2ccccc2C1.CCCN(C)c1ccc(NC(/C=C\N)=C/N)cc1C(C)=O. The highest BCUT2D eigenvalue weighted by Crippen LogP contribution is 2.25. The minimum absolute atomic E-state index is 0.0317. The lowest BCUT2D eigenvalue weighted by Crippen LogP contribution is -2.36. The molecule has 0 radical (unpaired) electrons. The van der Waals surface area contributed by atoms with E-state index in [1.807, 2.05) is 25.2 Å². The van der Waals surface area contributed by atoms with Crippen molar-refractivity contribution in [2.45, 2.75) is 65.5 Å². The molecule has 0 aromatic heterocycles. The van der Waals surface area contributed by atoms with Crippen molar-refractivity contribution in [3.8, 4) is 0 Å². The van der Waals surface area contributed by atoms with Gasteiger partial charge < -0.3 is 26.8 Å². The maximum atomic E-state index is 11.9. The minimum atomic E-state index is -0.153. The lowest BCUT2D eigenvalue weighted by Gasteiger charge is -2.30. The van der Waals surface area contributed by atoms with E-state index in [9.17, 15) is 9.90 Å². The number of fused-ring (bicyclic) bond motifs is 1. The van der Waals surface area contributed by atoms with Crippen LogP contribution in [0.3, 0.4) is 0 Å². The highest BCUT2D eigenvalue weighted by atomic mass is 16.3. The fraction of sp³-hybridized carbons (Fsp3) is 0.452. The van der Waals surface area contributed by atoms with Gasteiger partial charge >= 0.3 is 0 Å². The van der Waals surface area contributed by atoms with E-state index in [-0.39, 0.29) is 11.9 Å². The Kier molecular flexibility index (Phi) is 13.5. The van der Waals surface area contributed by atoms with Crippen LogP contribution in [-0.4, -0.2) is 48.6 Å². The quantitative estimate of drug-likeness (QED) is 0.230. The third-order valence-electron chi connectivity index (χ3n) is 6.66. The maximum absolute atomic E-state index is 11.9. The van der Waals surface area contributed by atoms with E-state index < -0.39 is 0 Å². The van der Waals surface area contributed by atoms with E-state index in [2.05, 4.69) is 53.2 Å². The Morgan fingerprint density at radius 1 is 1.16 bits per heavy atom. The van der Waals surface area contributed by atoms with Gasteiger partial charge in [0, 0.05) is 56.4 Å². The number of ketones is 1. The van der Waals surface area contributed by atoms with Gasteiger partial charge in [0.25, 0.3) is 0 Å². The molecule has 2 aromatic rings. The van der Waals surface area contributed by atoms with Gasteiger partial charge in [0.2, 0.25) is 0 Å². The first-order valence-electron chi connectivity index (χ1n) is 13.7. The first-order chi connectivity index (χ1) is 18.3. The summed E-state index contributed by atoms with van der Waals surface area (Å²) in [4.78, 5) is 16.3. The van der Waals surface area contributed by atoms with Crippen molar-refractivity contribution in [2.24, 2.45) is 11.5 Å².